The molecule has 2 heteroatoms. The topological polar surface area (TPSA) is 15.6 Å². The van der Waals surface area contributed by atoms with Crippen molar-refractivity contribution < 1.29 is 0 Å². The van der Waals surface area contributed by atoms with E-state index in [0.717, 1.165) is 5.84 Å². The quantitative estimate of drug-likeness (QED) is 0.740. The van der Waals surface area contributed by atoms with Crippen LogP contribution in [0.2, 0.25) is 0 Å². The second-order valence-corrected chi connectivity index (χ2v) is 8.69. The van der Waals surface area contributed by atoms with Crippen LogP contribution in [-0.2, 0) is 0 Å². The summed E-state index contributed by atoms with van der Waals surface area (Å²) in [5, 5.41) is 0. The van der Waals surface area contributed by atoms with Gasteiger partial charge in [0.05, 0.1) is 12.1 Å². The van der Waals surface area contributed by atoms with E-state index >= 15 is 0 Å². The maximum absolute atomic E-state index is 5.11. The summed E-state index contributed by atoms with van der Waals surface area (Å²) in [4.78, 5) is 7.49. The van der Waals surface area contributed by atoms with E-state index < -0.39 is 0 Å². The lowest BCUT2D eigenvalue weighted by Gasteiger charge is -2.56. The van der Waals surface area contributed by atoms with Gasteiger partial charge in [0.15, 0.2) is 0 Å². The number of fused-ring (bicyclic) bond motifs is 3. The highest BCUT2D eigenvalue weighted by molar-refractivity contribution is 6.00. The van der Waals surface area contributed by atoms with Gasteiger partial charge in [-0.1, -0.05) is 56.3 Å². The number of aliphatic imine (C=N–C) groups is 1. The molecule has 124 valence electrons. The first-order valence-electron chi connectivity index (χ1n) is 9.31. The Morgan fingerprint density at radius 3 is 2.12 bits per heavy atom. The molecule has 5 aliphatic rings. The van der Waals surface area contributed by atoms with E-state index in [1.165, 1.54) is 31.2 Å². The number of likely N-dealkylation sites (N-methyl/N-ethyl adjacent to an activating group) is 1. The second-order valence-electron chi connectivity index (χ2n) is 8.69. The lowest BCUT2D eigenvalue weighted by atomic mass is 9.49. The fourth-order valence-corrected chi connectivity index (χ4v) is 5.36. The van der Waals surface area contributed by atoms with Gasteiger partial charge in [-0.05, 0) is 47.7 Å². The molecule has 3 fully saturated rings. The zero-order valence-corrected chi connectivity index (χ0v) is 14.9. The van der Waals surface area contributed by atoms with Gasteiger partial charge >= 0.3 is 0 Å². The van der Waals surface area contributed by atoms with Crippen molar-refractivity contribution in [3.8, 4) is 0 Å². The van der Waals surface area contributed by atoms with E-state index in [4.69, 9.17) is 4.99 Å². The molecule has 2 bridgehead atoms. The molecule has 3 saturated carbocycles. The van der Waals surface area contributed by atoms with Crippen molar-refractivity contribution in [2.24, 2.45) is 15.8 Å². The number of rotatable bonds is 1. The number of amidine groups is 1. The van der Waals surface area contributed by atoms with Gasteiger partial charge in [-0.2, -0.15) is 0 Å². The van der Waals surface area contributed by atoms with Crippen LogP contribution < -0.4 is 0 Å². The lowest BCUT2D eigenvalue weighted by molar-refractivity contribution is 0.117. The van der Waals surface area contributed by atoms with Crippen LogP contribution in [0, 0.1) is 10.8 Å². The first-order valence-corrected chi connectivity index (χ1v) is 9.31. The van der Waals surface area contributed by atoms with Crippen molar-refractivity contribution in [2.75, 3.05) is 7.05 Å². The van der Waals surface area contributed by atoms with E-state index in [-0.39, 0.29) is 6.04 Å². The average molecular weight is 318 g/mol. The van der Waals surface area contributed by atoms with Crippen molar-refractivity contribution in [3.63, 3.8) is 0 Å². The van der Waals surface area contributed by atoms with E-state index in [9.17, 15) is 0 Å². The number of hydrogen-bond acceptors (Lipinski definition) is 2. The summed E-state index contributed by atoms with van der Waals surface area (Å²) in [7, 11) is 2.21. The summed E-state index contributed by atoms with van der Waals surface area (Å²) in [5.74, 6) is 1.14. The molecule has 0 N–H and O–H groups in total. The lowest BCUT2D eigenvalue weighted by Crippen LogP contribution is -2.46. The van der Waals surface area contributed by atoms with Crippen LogP contribution in [0.25, 0.3) is 0 Å². The minimum atomic E-state index is 0.281. The van der Waals surface area contributed by atoms with Gasteiger partial charge in [0.2, 0.25) is 0 Å². The Labute approximate surface area is 145 Å². The number of allylic oxidation sites excluding steroid dienone is 2. The molecule has 0 spiro atoms. The number of benzene rings is 1. The summed E-state index contributed by atoms with van der Waals surface area (Å²) in [5.41, 5.74) is 5.27. The molecule has 1 aromatic carbocycles. The van der Waals surface area contributed by atoms with Crippen LogP contribution in [0.3, 0.4) is 0 Å². The summed E-state index contributed by atoms with van der Waals surface area (Å²) < 4.78 is 0. The van der Waals surface area contributed by atoms with Crippen LogP contribution in [0.1, 0.15) is 45.1 Å². The summed E-state index contributed by atoms with van der Waals surface area (Å²) in [6.07, 6.45) is 10.5. The van der Waals surface area contributed by atoms with E-state index in [1.807, 2.05) is 0 Å². The molecule has 0 amide bonds. The van der Waals surface area contributed by atoms with Crippen molar-refractivity contribution in [2.45, 2.75) is 51.6 Å². The fraction of sp³-hybridized carbons (Fsp3) is 0.500. The second kappa shape index (κ2) is 4.62. The molecular formula is C22H26N2. The third kappa shape index (κ3) is 1.80. The molecule has 2 atom stereocenters. The standard InChI is InChI=1S/C22H26N2/c1-21-9-11-22(2,12-10-21)17-14-19-18(13-16(17)21)23-20(24(19)3)15-7-5-4-6-8-15/h4-8,13-14,18-19H,9-12H2,1-3H3. The molecule has 24 heavy (non-hydrogen) atoms. The van der Waals surface area contributed by atoms with Crippen molar-refractivity contribution in [1.29, 1.82) is 0 Å². The number of hydrogen-bond donors (Lipinski definition) is 0. The Balaban J connectivity index is 1.60. The van der Waals surface area contributed by atoms with E-state index in [2.05, 4.69) is 68.3 Å². The van der Waals surface area contributed by atoms with Gasteiger partial charge in [-0.15, -0.1) is 0 Å². The molecular weight excluding hydrogens is 292 g/mol. The highest BCUT2D eigenvalue weighted by Crippen LogP contribution is 2.63. The summed E-state index contributed by atoms with van der Waals surface area (Å²) >= 11 is 0. The van der Waals surface area contributed by atoms with Gasteiger partial charge in [-0.3, -0.25) is 4.99 Å². The minimum absolute atomic E-state index is 0.281. The maximum atomic E-state index is 5.11. The predicted molar refractivity (Wildman–Crippen MR) is 99.2 cm³/mol. The molecule has 2 unspecified atom stereocenters. The zero-order valence-electron chi connectivity index (χ0n) is 14.9. The predicted octanol–water partition coefficient (Wildman–Crippen LogP) is 4.58. The Morgan fingerprint density at radius 2 is 1.50 bits per heavy atom. The van der Waals surface area contributed by atoms with Crippen LogP contribution in [-0.4, -0.2) is 29.9 Å². The third-order valence-corrected chi connectivity index (χ3v) is 7.16. The zero-order chi connectivity index (χ0) is 16.5. The molecule has 1 aromatic rings. The molecule has 2 nitrogen and oxygen atoms in total. The number of nitrogens with zero attached hydrogens (tertiary/aromatic N) is 2. The monoisotopic (exact) mass is 318 g/mol. The van der Waals surface area contributed by atoms with Crippen molar-refractivity contribution in [1.82, 2.24) is 4.90 Å². The first-order chi connectivity index (χ1) is 11.5. The third-order valence-electron chi connectivity index (χ3n) is 7.16. The highest BCUT2D eigenvalue weighted by atomic mass is 15.3. The Bertz CT molecular complexity index is 775. The van der Waals surface area contributed by atoms with Gasteiger partial charge in [0.1, 0.15) is 5.84 Å². The molecule has 1 aliphatic heterocycles. The fourth-order valence-electron chi connectivity index (χ4n) is 5.36. The molecule has 4 aliphatic carbocycles. The Morgan fingerprint density at radius 1 is 0.917 bits per heavy atom. The highest BCUT2D eigenvalue weighted by Gasteiger charge is 2.52. The minimum Gasteiger partial charge on any atom is -0.351 e. The molecule has 0 radical (unpaired) electrons. The smallest absolute Gasteiger partial charge is 0.131 e. The van der Waals surface area contributed by atoms with Crippen LogP contribution >= 0.6 is 0 Å². The van der Waals surface area contributed by atoms with E-state index in [1.54, 1.807) is 11.1 Å². The SMILES string of the molecule is CN1C(c2ccccc2)=NC2C=C3C(=CC21)C1(C)CCC3(C)CC1. The maximum Gasteiger partial charge on any atom is 0.131 e. The normalized spacial score (nSPS) is 39.8. The van der Waals surface area contributed by atoms with Gasteiger partial charge in [-0.25, -0.2) is 0 Å². The largest absolute Gasteiger partial charge is 0.351 e. The van der Waals surface area contributed by atoms with Crippen LogP contribution in [0.5, 0.6) is 0 Å². The van der Waals surface area contributed by atoms with Gasteiger partial charge < -0.3 is 4.90 Å². The Hall–Kier alpha value is -1.83. The average Bonchev–Trinajstić information content (AvgIpc) is 2.93. The molecule has 0 aromatic heterocycles. The molecule has 1 heterocycles. The Kier molecular flexibility index (Phi) is 2.79. The molecule has 6 rings (SSSR count). The van der Waals surface area contributed by atoms with E-state index in [0.29, 0.717) is 16.9 Å². The van der Waals surface area contributed by atoms with Gasteiger partial charge in [0, 0.05) is 12.6 Å². The first kappa shape index (κ1) is 14.5. The van der Waals surface area contributed by atoms with Crippen molar-refractivity contribution in [3.05, 3.63) is 59.2 Å². The van der Waals surface area contributed by atoms with Gasteiger partial charge in [0.25, 0.3) is 0 Å². The van der Waals surface area contributed by atoms with Crippen LogP contribution in [0.15, 0.2) is 58.6 Å². The molecule has 0 saturated heterocycles. The van der Waals surface area contributed by atoms with Crippen molar-refractivity contribution >= 4 is 5.84 Å². The summed E-state index contributed by atoms with van der Waals surface area (Å²) in [6, 6.07) is 11.3. The summed E-state index contributed by atoms with van der Waals surface area (Å²) in [6.45, 7) is 4.96. The van der Waals surface area contributed by atoms with Crippen LogP contribution in [0.4, 0.5) is 0 Å².